The number of hydrogen-bond acceptors (Lipinski definition) is 1. The normalized spacial score (nSPS) is 10.4. The van der Waals surface area contributed by atoms with E-state index in [4.69, 9.17) is 0 Å². The highest BCUT2D eigenvalue weighted by Gasteiger charge is 2.14. The SMILES string of the molecule is C=CC[N+](C)(C)CC(=C)NC(=O)C=C. The van der Waals surface area contributed by atoms with Gasteiger partial charge in [-0.05, 0) is 12.2 Å². The summed E-state index contributed by atoms with van der Waals surface area (Å²) in [6, 6.07) is 0. The molecule has 0 unspecified atom stereocenters. The molecule has 0 aromatic rings. The molecule has 0 saturated carbocycles. The molecule has 0 radical (unpaired) electrons. The molecule has 0 spiro atoms. The Kier molecular flexibility index (Phi) is 4.87. The summed E-state index contributed by atoms with van der Waals surface area (Å²) in [6.07, 6.45) is 3.08. The van der Waals surface area contributed by atoms with Crippen LogP contribution in [-0.4, -0.2) is 37.6 Å². The summed E-state index contributed by atoms with van der Waals surface area (Å²) in [5.41, 5.74) is 0.696. The molecule has 0 aromatic carbocycles. The van der Waals surface area contributed by atoms with Gasteiger partial charge in [-0.2, -0.15) is 0 Å². The van der Waals surface area contributed by atoms with Crippen molar-refractivity contribution in [2.45, 2.75) is 0 Å². The third kappa shape index (κ3) is 5.32. The molecule has 0 aliphatic heterocycles. The van der Waals surface area contributed by atoms with Gasteiger partial charge < -0.3 is 9.80 Å². The Morgan fingerprint density at radius 3 is 2.43 bits per heavy atom. The van der Waals surface area contributed by atoms with Gasteiger partial charge in [0.15, 0.2) is 0 Å². The van der Waals surface area contributed by atoms with Crippen LogP contribution in [-0.2, 0) is 4.79 Å². The predicted octanol–water partition coefficient (Wildman–Crippen LogP) is 1.06. The highest BCUT2D eigenvalue weighted by atomic mass is 16.1. The van der Waals surface area contributed by atoms with Gasteiger partial charge in [-0.3, -0.25) is 4.79 Å². The van der Waals surface area contributed by atoms with E-state index in [0.717, 1.165) is 11.0 Å². The van der Waals surface area contributed by atoms with Gasteiger partial charge in [0.2, 0.25) is 5.91 Å². The lowest BCUT2D eigenvalue weighted by atomic mass is 10.3. The minimum atomic E-state index is -0.214. The van der Waals surface area contributed by atoms with E-state index < -0.39 is 0 Å². The second-order valence-corrected chi connectivity index (χ2v) is 3.86. The maximum absolute atomic E-state index is 10.9. The van der Waals surface area contributed by atoms with Crippen LogP contribution >= 0.6 is 0 Å². The van der Waals surface area contributed by atoms with Gasteiger partial charge in [-0.15, -0.1) is 0 Å². The zero-order valence-electron chi connectivity index (χ0n) is 9.05. The van der Waals surface area contributed by atoms with E-state index in [9.17, 15) is 4.79 Å². The van der Waals surface area contributed by atoms with Crippen molar-refractivity contribution in [2.24, 2.45) is 0 Å². The van der Waals surface area contributed by atoms with Gasteiger partial charge in [-0.25, -0.2) is 0 Å². The van der Waals surface area contributed by atoms with Crippen LogP contribution in [0, 0.1) is 0 Å². The molecule has 1 N–H and O–H groups in total. The maximum atomic E-state index is 10.9. The molecule has 78 valence electrons. The van der Waals surface area contributed by atoms with Crippen LogP contribution in [0.3, 0.4) is 0 Å². The van der Waals surface area contributed by atoms with Crippen molar-refractivity contribution in [2.75, 3.05) is 27.2 Å². The molecule has 0 saturated heterocycles. The Balaban J connectivity index is 4.11. The van der Waals surface area contributed by atoms with Crippen molar-refractivity contribution >= 4 is 5.91 Å². The molecule has 0 atom stereocenters. The molecular formula is C11H19N2O+. The molecule has 1 amide bonds. The number of carbonyl (C=O) groups excluding carboxylic acids is 1. The first kappa shape index (κ1) is 12.7. The number of likely N-dealkylation sites (N-methyl/N-ethyl adjacent to an activating group) is 1. The lowest BCUT2D eigenvalue weighted by Gasteiger charge is -2.29. The molecule has 0 fully saturated rings. The van der Waals surface area contributed by atoms with Crippen LogP contribution in [0.2, 0.25) is 0 Å². The summed E-state index contributed by atoms with van der Waals surface area (Å²) in [4.78, 5) is 10.9. The highest BCUT2D eigenvalue weighted by molar-refractivity contribution is 5.88. The minimum absolute atomic E-state index is 0.214. The van der Waals surface area contributed by atoms with E-state index >= 15 is 0 Å². The van der Waals surface area contributed by atoms with E-state index in [1.54, 1.807) is 0 Å². The second kappa shape index (κ2) is 5.40. The number of quaternary nitrogens is 1. The molecule has 14 heavy (non-hydrogen) atoms. The topological polar surface area (TPSA) is 29.1 Å². The van der Waals surface area contributed by atoms with Crippen molar-refractivity contribution in [3.63, 3.8) is 0 Å². The van der Waals surface area contributed by atoms with Crippen molar-refractivity contribution < 1.29 is 9.28 Å². The van der Waals surface area contributed by atoms with Gasteiger partial charge in [0.05, 0.1) is 26.3 Å². The number of amides is 1. The third-order valence-corrected chi connectivity index (χ3v) is 1.73. The molecule has 0 aromatic heterocycles. The lowest BCUT2D eigenvalue weighted by molar-refractivity contribution is -0.879. The van der Waals surface area contributed by atoms with E-state index in [2.05, 4.69) is 25.1 Å². The Hall–Kier alpha value is -1.35. The zero-order chi connectivity index (χ0) is 11.2. The Morgan fingerprint density at radius 2 is 2.00 bits per heavy atom. The van der Waals surface area contributed by atoms with Crippen molar-refractivity contribution in [3.8, 4) is 0 Å². The van der Waals surface area contributed by atoms with Crippen LogP contribution in [0.15, 0.2) is 37.6 Å². The van der Waals surface area contributed by atoms with Gasteiger partial charge in [0, 0.05) is 0 Å². The first-order valence-electron chi connectivity index (χ1n) is 4.45. The fourth-order valence-electron chi connectivity index (χ4n) is 1.20. The number of nitrogens with zero attached hydrogens (tertiary/aromatic N) is 1. The van der Waals surface area contributed by atoms with E-state index in [1.807, 2.05) is 20.2 Å². The monoisotopic (exact) mass is 195 g/mol. The summed E-state index contributed by atoms with van der Waals surface area (Å²) < 4.78 is 0.722. The molecule has 3 heteroatoms. The van der Waals surface area contributed by atoms with E-state index in [1.165, 1.54) is 6.08 Å². The standard InChI is InChI=1S/C11H18N2O/c1-6-8-13(4,5)9-10(3)12-11(14)7-2/h6-7H,1-3,8-9H2,4-5H3/p+1. The Labute approximate surface area is 86.0 Å². The lowest BCUT2D eigenvalue weighted by Crippen LogP contribution is -2.43. The largest absolute Gasteiger partial charge is 0.322 e. The van der Waals surface area contributed by atoms with Crippen molar-refractivity contribution in [1.29, 1.82) is 0 Å². The fraction of sp³-hybridized carbons (Fsp3) is 0.364. The van der Waals surface area contributed by atoms with Gasteiger partial charge >= 0.3 is 0 Å². The van der Waals surface area contributed by atoms with Crippen LogP contribution in [0.5, 0.6) is 0 Å². The number of rotatable bonds is 6. The molecular weight excluding hydrogens is 176 g/mol. The van der Waals surface area contributed by atoms with Gasteiger partial charge in [0.1, 0.15) is 6.54 Å². The van der Waals surface area contributed by atoms with Crippen molar-refractivity contribution in [1.82, 2.24) is 5.32 Å². The molecule has 0 aliphatic rings. The summed E-state index contributed by atoms with van der Waals surface area (Å²) in [7, 11) is 4.10. The molecule has 0 aliphatic carbocycles. The summed E-state index contributed by atoms with van der Waals surface area (Å²) in [5.74, 6) is -0.214. The van der Waals surface area contributed by atoms with Crippen LogP contribution in [0.25, 0.3) is 0 Å². The zero-order valence-corrected chi connectivity index (χ0v) is 9.05. The van der Waals surface area contributed by atoms with Gasteiger partial charge in [-0.1, -0.05) is 19.7 Å². The predicted molar refractivity (Wildman–Crippen MR) is 59.5 cm³/mol. The van der Waals surface area contributed by atoms with Crippen LogP contribution in [0.1, 0.15) is 0 Å². The number of hydrogen-bond donors (Lipinski definition) is 1. The molecule has 0 heterocycles. The van der Waals surface area contributed by atoms with E-state index in [0.29, 0.717) is 12.2 Å². The summed E-state index contributed by atoms with van der Waals surface area (Å²) in [6.45, 7) is 12.4. The average Bonchev–Trinajstić information content (AvgIpc) is 2.02. The summed E-state index contributed by atoms with van der Waals surface area (Å²) >= 11 is 0. The van der Waals surface area contributed by atoms with Crippen LogP contribution in [0.4, 0.5) is 0 Å². The highest BCUT2D eigenvalue weighted by Crippen LogP contribution is 2.00. The first-order chi connectivity index (χ1) is 6.41. The average molecular weight is 195 g/mol. The number of carbonyl (C=O) groups is 1. The van der Waals surface area contributed by atoms with Crippen LogP contribution < -0.4 is 5.32 Å². The second-order valence-electron chi connectivity index (χ2n) is 3.86. The quantitative estimate of drug-likeness (QED) is 0.383. The summed E-state index contributed by atoms with van der Waals surface area (Å²) in [5, 5.41) is 2.64. The Morgan fingerprint density at radius 1 is 1.43 bits per heavy atom. The molecule has 3 nitrogen and oxygen atoms in total. The fourth-order valence-corrected chi connectivity index (χ4v) is 1.20. The first-order valence-corrected chi connectivity index (χ1v) is 4.45. The van der Waals surface area contributed by atoms with Gasteiger partial charge in [0.25, 0.3) is 0 Å². The van der Waals surface area contributed by atoms with Crippen molar-refractivity contribution in [3.05, 3.63) is 37.6 Å². The molecule has 0 bridgehead atoms. The third-order valence-electron chi connectivity index (χ3n) is 1.73. The maximum Gasteiger partial charge on any atom is 0.247 e. The van der Waals surface area contributed by atoms with E-state index in [-0.39, 0.29) is 5.91 Å². The molecule has 0 rings (SSSR count). The Bertz CT molecular complexity index is 254. The minimum Gasteiger partial charge on any atom is -0.322 e. The smallest absolute Gasteiger partial charge is 0.247 e. The number of nitrogens with one attached hydrogen (secondary N) is 1.